The third kappa shape index (κ3) is 4.37. The topological polar surface area (TPSA) is 61.5 Å². The third-order valence-electron chi connectivity index (χ3n) is 4.86. The van der Waals surface area contributed by atoms with Gasteiger partial charge in [-0.1, -0.05) is 12.1 Å². The summed E-state index contributed by atoms with van der Waals surface area (Å²) in [4.78, 5) is 25.3. The van der Waals surface area contributed by atoms with Crippen molar-refractivity contribution in [3.8, 4) is 5.75 Å². The number of nitrogens with one attached hydrogen (secondary N) is 1. The highest BCUT2D eigenvalue weighted by molar-refractivity contribution is 7.16. The van der Waals surface area contributed by atoms with Crippen LogP contribution in [0.3, 0.4) is 0 Å². The van der Waals surface area contributed by atoms with Crippen LogP contribution in [0.1, 0.15) is 18.3 Å². The van der Waals surface area contributed by atoms with Crippen LogP contribution in [0, 0.1) is 0 Å². The number of fused-ring (bicyclic) bond motifs is 1. The molecule has 1 N–H and O–H groups in total. The zero-order chi connectivity index (χ0) is 18.6. The second-order valence-electron chi connectivity index (χ2n) is 6.78. The molecular formula is C20H24N4O2S. The molecule has 0 unspecified atom stereocenters. The second kappa shape index (κ2) is 8.21. The van der Waals surface area contributed by atoms with Crippen molar-refractivity contribution in [1.82, 2.24) is 19.8 Å². The third-order valence-corrected chi connectivity index (χ3v) is 5.67. The van der Waals surface area contributed by atoms with Crippen molar-refractivity contribution in [3.05, 3.63) is 57.5 Å². The van der Waals surface area contributed by atoms with Gasteiger partial charge < -0.3 is 9.72 Å². The van der Waals surface area contributed by atoms with E-state index in [0.717, 1.165) is 49.1 Å². The van der Waals surface area contributed by atoms with Crippen LogP contribution in [-0.2, 0) is 13.1 Å². The highest BCUT2D eigenvalue weighted by Gasteiger charge is 2.18. The lowest BCUT2D eigenvalue weighted by atomic mass is 10.2. The Hall–Kier alpha value is -2.22. The van der Waals surface area contributed by atoms with E-state index in [2.05, 4.69) is 31.9 Å². The number of benzene rings is 1. The fourth-order valence-electron chi connectivity index (χ4n) is 3.42. The molecule has 6 nitrogen and oxygen atoms in total. The monoisotopic (exact) mass is 384 g/mol. The van der Waals surface area contributed by atoms with Gasteiger partial charge in [0.1, 0.15) is 16.4 Å². The maximum absolute atomic E-state index is 12.1. The molecule has 0 aliphatic carbocycles. The van der Waals surface area contributed by atoms with E-state index in [4.69, 9.17) is 4.74 Å². The van der Waals surface area contributed by atoms with Gasteiger partial charge in [0.15, 0.2) is 0 Å². The molecule has 1 saturated heterocycles. The molecule has 0 amide bonds. The number of hydrogen-bond acceptors (Lipinski definition) is 6. The summed E-state index contributed by atoms with van der Waals surface area (Å²) in [6, 6.07) is 10.2. The molecule has 3 aromatic rings. The van der Waals surface area contributed by atoms with E-state index in [1.807, 2.05) is 30.5 Å². The Balaban J connectivity index is 1.31. The van der Waals surface area contributed by atoms with Gasteiger partial charge in [-0.25, -0.2) is 4.98 Å². The molecule has 2 aromatic heterocycles. The number of nitrogens with zero attached hydrogens (tertiary/aromatic N) is 3. The SMILES string of the molecule is CCOc1ccc(CN2CCN(Cc3nc4sccc4c(=O)[nH]3)CC2)cc1. The normalized spacial score (nSPS) is 16.0. The van der Waals surface area contributed by atoms with Crippen LogP contribution in [0.15, 0.2) is 40.5 Å². The highest BCUT2D eigenvalue weighted by atomic mass is 32.1. The minimum Gasteiger partial charge on any atom is -0.494 e. The molecule has 7 heteroatoms. The first-order chi connectivity index (χ1) is 13.2. The molecule has 0 saturated carbocycles. The lowest BCUT2D eigenvalue weighted by Crippen LogP contribution is -2.45. The van der Waals surface area contributed by atoms with Gasteiger partial charge in [-0.3, -0.25) is 14.6 Å². The number of rotatable bonds is 6. The standard InChI is InChI=1S/C20H24N4O2S/c1-2-26-16-5-3-15(4-6-16)13-23-8-10-24(11-9-23)14-18-21-19(25)17-7-12-27-20(17)22-18/h3-7,12H,2,8-11,13-14H2,1H3,(H,21,22,25). The summed E-state index contributed by atoms with van der Waals surface area (Å²) < 4.78 is 5.50. The largest absolute Gasteiger partial charge is 0.494 e. The molecular weight excluding hydrogens is 360 g/mol. The van der Waals surface area contributed by atoms with Crippen LogP contribution in [0.4, 0.5) is 0 Å². The van der Waals surface area contributed by atoms with Crippen molar-refractivity contribution in [2.45, 2.75) is 20.0 Å². The van der Waals surface area contributed by atoms with Gasteiger partial charge >= 0.3 is 0 Å². The Labute approximate surface area is 162 Å². The summed E-state index contributed by atoms with van der Waals surface area (Å²) in [5.41, 5.74) is 1.27. The Bertz CT molecular complexity index is 943. The van der Waals surface area contributed by atoms with E-state index in [1.54, 1.807) is 0 Å². The number of piperazine rings is 1. The summed E-state index contributed by atoms with van der Waals surface area (Å²) in [5, 5.41) is 2.60. The molecule has 4 rings (SSSR count). The van der Waals surface area contributed by atoms with Crippen molar-refractivity contribution in [3.63, 3.8) is 0 Å². The predicted molar refractivity (Wildman–Crippen MR) is 108 cm³/mol. The zero-order valence-electron chi connectivity index (χ0n) is 15.5. The van der Waals surface area contributed by atoms with Crippen LogP contribution in [0.5, 0.6) is 5.75 Å². The van der Waals surface area contributed by atoms with Crippen molar-refractivity contribution >= 4 is 21.6 Å². The van der Waals surface area contributed by atoms with Crippen LogP contribution >= 0.6 is 11.3 Å². The van der Waals surface area contributed by atoms with Crippen molar-refractivity contribution in [1.29, 1.82) is 0 Å². The van der Waals surface area contributed by atoms with Crippen LogP contribution in [0.2, 0.25) is 0 Å². The van der Waals surface area contributed by atoms with Crippen molar-refractivity contribution < 1.29 is 4.74 Å². The predicted octanol–water partition coefficient (Wildman–Crippen LogP) is 2.70. The molecule has 27 heavy (non-hydrogen) atoms. The van der Waals surface area contributed by atoms with E-state index in [9.17, 15) is 4.79 Å². The Morgan fingerprint density at radius 2 is 1.78 bits per heavy atom. The van der Waals surface area contributed by atoms with Crippen LogP contribution < -0.4 is 10.3 Å². The van der Waals surface area contributed by atoms with Crippen LogP contribution in [0.25, 0.3) is 10.2 Å². The highest BCUT2D eigenvalue weighted by Crippen LogP contribution is 2.16. The lowest BCUT2D eigenvalue weighted by Gasteiger charge is -2.34. The lowest BCUT2D eigenvalue weighted by molar-refractivity contribution is 0.120. The molecule has 0 spiro atoms. The summed E-state index contributed by atoms with van der Waals surface area (Å²) in [7, 11) is 0. The first-order valence-electron chi connectivity index (χ1n) is 9.34. The number of ether oxygens (including phenoxy) is 1. The molecule has 3 heterocycles. The maximum atomic E-state index is 12.1. The van der Waals surface area contributed by atoms with E-state index < -0.39 is 0 Å². The molecule has 0 atom stereocenters. The summed E-state index contributed by atoms with van der Waals surface area (Å²) >= 11 is 1.52. The number of aromatic nitrogens is 2. The van der Waals surface area contributed by atoms with Gasteiger partial charge in [0.2, 0.25) is 0 Å². The van der Waals surface area contributed by atoms with Crippen molar-refractivity contribution in [2.75, 3.05) is 32.8 Å². The van der Waals surface area contributed by atoms with Gasteiger partial charge in [-0.2, -0.15) is 0 Å². The van der Waals surface area contributed by atoms with Crippen LogP contribution in [-0.4, -0.2) is 52.6 Å². The minimum absolute atomic E-state index is 0.0367. The molecule has 0 bridgehead atoms. The molecule has 1 aliphatic heterocycles. The fourth-order valence-corrected chi connectivity index (χ4v) is 4.20. The average Bonchev–Trinajstić information content (AvgIpc) is 3.14. The van der Waals surface area contributed by atoms with E-state index >= 15 is 0 Å². The van der Waals surface area contributed by atoms with Gasteiger partial charge in [-0.05, 0) is 36.1 Å². The Morgan fingerprint density at radius 3 is 2.48 bits per heavy atom. The quantitative estimate of drug-likeness (QED) is 0.708. The Kier molecular flexibility index (Phi) is 5.52. The van der Waals surface area contributed by atoms with Gasteiger partial charge in [0, 0.05) is 32.7 Å². The number of H-pyrrole nitrogens is 1. The van der Waals surface area contributed by atoms with Gasteiger partial charge in [-0.15, -0.1) is 11.3 Å². The molecule has 0 radical (unpaired) electrons. The summed E-state index contributed by atoms with van der Waals surface area (Å²) in [6.45, 7) is 8.32. The zero-order valence-corrected chi connectivity index (χ0v) is 16.3. The fraction of sp³-hybridized carbons (Fsp3) is 0.400. The molecule has 1 aromatic carbocycles. The first kappa shape index (κ1) is 18.2. The smallest absolute Gasteiger partial charge is 0.259 e. The Morgan fingerprint density at radius 1 is 1.07 bits per heavy atom. The number of hydrogen-bond donors (Lipinski definition) is 1. The maximum Gasteiger partial charge on any atom is 0.259 e. The van der Waals surface area contributed by atoms with E-state index in [1.165, 1.54) is 16.9 Å². The van der Waals surface area contributed by atoms with Crippen molar-refractivity contribution in [2.24, 2.45) is 0 Å². The minimum atomic E-state index is -0.0367. The van der Waals surface area contributed by atoms with E-state index in [0.29, 0.717) is 18.5 Å². The second-order valence-corrected chi connectivity index (χ2v) is 7.68. The van der Waals surface area contributed by atoms with Gasteiger partial charge in [0.05, 0.1) is 18.5 Å². The number of thiophene rings is 1. The number of aromatic amines is 1. The molecule has 1 fully saturated rings. The first-order valence-corrected chi connectivity index (χ1v) is 10.2. The van der Waals surface area contributed by atoms with Gasteiger partial charge in [0.25, 0.3) is 5.56 Å². The molecule has 142 valence electrons. The average molecular weight is 385 g/mol. The summed E-state index contributed by atoms with van der Waals surface area (Å²) in [5.74, 6) is 1.69. The molecule has 1 aliphatic rings. The van der Waals surface area contributed by atoms with E-state index in [-0.39, 0.29) is 5.56 Å². The summed E-state index contributed by atoms with van der Waals surface area (Å²) in [6.07, 6.45) is 0.